The summed E-state index contributed by atoms with van der Waals surface area (Å²) in [4.78, 5) is 18.4. The van der Waals surface area contributed by atoms with Crippen molar-refractivity contribution in [3.63, 3.8) is 0 Å². The third-order valence-electron chi connectivity index (χ3n) is 6.62. The second-order valence-corrected chi connectivity index (χ2v) is 9.66. The molecule has 0 spiro atoms. The number of hydrogen-bond acceptors (Lipinski definition) is 4. The zero-order chi connectivity index (χ0) is 23.1. The molecular formula is C28H38N2O4S. The van der Waals surface area contributed by atoms with E-state index in [9.17, 15) is 4.79 Å². The van der Waals surface area contributed by atoms with E-state index in [0.717, 1.165) is 60.4 Å². The van der Waals surface area contributed by atoms with E-state index in [1.807, 2.05) is 54.2 Å². The van der Waals surface area contributed by atoms with Gasteiger partial charge in [-0.2, -0.15) is 11.8 Å². The van der Waals surface area contributed by atoms with E-state index in [0.29, 0.717) is 5.82 Å². The molecule has 0 bridgehead atoms. The highest BCUT2D eigenvalue weighted by atomic mass is 32.2. The fourth-order valence-electron chi connectivity index (χ4n) is 4.68. The lowest BCUT2D eigenvalue weighted by Gasteiger charge is -2.36. The van der Waals surface area contributed by atoms with Crippen molar-refractivity contribution in [2.75, 3.05) is 24.4 Å². The predicted molar refractivity (Wildman–Crippen MR) is 147 cm³/mol. The van der Waals surface area contributed by atoms with Gasteiger partial charge in [0, 0.05) is 6.99 Å². The van der Waals surface area contributed by atoms with Crippen molar-refractivity contribution in [3.8, 4) is 17.0 Å². The Labute approximate surface area is 213 Å². The number of carbonyl (C=O) groups is 1. The molecular weight excluding hydrogens is 460 g/mol. The van der Waals surface area contributed by atoms with Gasteiger partial charge < -0.3 is 21.0 Å². The first-order valence-corrected chi connectivity index (χ1v) is 13.1. The van der Waals surface area contributed by atoms with Gasteiger partial charge >= 0.3 is 0 Å². The summed E-state index contributed by atoms with van der Waals surface area (Å²) in [5, 5.41) is 3.14. The molecule has 1 amide bonds. The van der Waals surface area contributed by atoms with Crippen LogP contribution in [-0.2, 0) is 16.6 Å². The Hall–Kier alpha value is -2.87. The number of aryl methyl sites for hydroxylation is 1. The molecule has 1 aliphatic carbocycles. The minimum atomic E-state index is -0.527. The van der Waals surface area contributed by atoms with Gasteiger partial charge in [-0.1, -0.05) is 61.7 Å². The highest BCUT2D eigenvalue weighted by Gasteiger charge is 2.41. The van der Waals surface area contributed by atoms with Gasteiger partial charge in [0.05, 0.1) is 18.2 Å². The van der Waals surface area contributed by atoms with Crippen molar-refractivity contribution in [3.05, 3.63) is 77.9 Å². The second-order valence-electron chi connectivity index (χ2n) is 8.67. The van der Waals surface area contributed by atoms with E-state index in [-0.39, 0.29) is 18.3 Å². The van der Waals surface area contributed by atoms with E-state index in [2.05, 4.69) is 35.8 Å². The summed E-state index contributed by atoms with van der Waals surface area (Å²) in [7, 11) is 1.66. The van der Waals surface area contributed by atoms with E-state index in [1.54, 1.807) is 7.11 Å². The number of amides is 1. The Morgan fingerprint density at radius 1 is 1.00 bits per heavy atom. The van der Waals surface area contributed by atoms with Crippen molar-refractivity contribution in [1.82, 2.24) is 4.98 Å². The number of rotatable bonds is 8. The van der Waals surface area contributed by atoms with Crippen molar-refractivity contribution in [1.29, 1.82) is 0 Å². The lowest BCUT2D eigenvalue weighted by Crippen LogP contribution is -2.42. The van der Waals surface area contributed by atoms with E-state index < -0.39 is 5.41 Å². The third-order valence-corrected chi connectivity index (χ3v) is 7.23. The first-order chi connectivity index (χ1) is 16.1. The molecule has 0 saturated heterocycles. The summed E-state index contributed by atoms with van der Waals surface area (Å²) < 4.78 is 5.32. The van der Waals surface area contributed by atoms with Crippen molar-refractivity contribution in [2.24, 2.45) is 0 Å². The van der Waals surface area contributed by atoms with Crippen LogP contribution in [0.1, 0.15) is 44.7 Å². The van der Waals surface area contributed by atoms with E-state index in [4.69, 9.17) is 9.72 Å². The highest BCUT2D eigenvalue weighted by molar-refractivity contribution is 7.98. The number of ether oxygens (including phenoxy) is 1. The number of aromatic nitrogens is 1. The van der Waals surface area contributed by atoms with E-state index in [1.165, 1.54) is 12.0 Å². The zero-order valence-corrected chi connectivity index (χ0v) is 21.3. The Kier molecular flexibility index (Phi) is 10.8. The molecule has 4 rings (SSSR count). The fourth-order valence-corrected chi connectivity index (χ4v) is 5.12. The van der Waals surface area contributed by atoms with Crippen LogP contribution in [0.2, 0.25) is 0 Å². The number of methoxy groups -OCH3 is 1. The van der Waals surface area contributed by atoms with Crippen LogP contribution in [0, 0.1) is 0 Å². The Bertz CT molecular complexity index is 1070. The summed E-state index contributed by atoms with van der Waals surface area (Å²) in [5.41, 5.74) is 3.78. The first kappa shape index (κ1) is 28.4. The number of carbonyl (C=O) groups excluding carboxylic acids is 1. The SMILES string of the molecule is COc1ccc(C2(C(=O)Nc3cccc(-c4ccc(CCSC)cc4)n3)CCCCC2)cc1.O.O.[HH]. The maximum absolute atomic E-state index is 13.7. The average Bonchev–Trinajstić information content (AvgIpc) is 2.88. The van der Waals surface area contributed by atoms with Gasteiger partial charge in [-0.05, 0) is 66.7 Å². The van der Waals surface area contributed by atoms with E-state index >= 15 is 0 Å². The van der Waals surface area contributed by atoms with Gasteiger partial charge in [0.25, 0.3) is 0 Å². The molecule has 6 nitrogen and oxygen atoms in total. The number of nitrogens with one attached hydrogen (secondary N) is 1. The number of benzene rings is 2. The molecule has 0 aliphatic heterocycles. The molecule has 0 atom stereocenters. The number of anilines is 1. The Balaban J connectivity index is 0.00000216. The monoisotopic (exact) mass is 498 g/mol. The third kappa shape index (κ3) is 6.63. The summed E-state index contributed by atoms with van der Waals surface area (Å²) in [6, 6.07) is 22.3. The van der Waals surface area contributed by atoms with Gasteiger partial charge in [-0.25, -0.2) is 4.98 Å². The molecule has 1 aliphatic rings. The Morgan fingerprint density at radius 3 is 2.31 bits per heavy atom. The quantitative estimate of drug-likeness (QED) is 0.465. The summed E-state index contributed by atoms with van der Waals surface area (Å²) in [5.74, 6) is 2.56. The molecule has 2 aromatic carbocycles. The molecule has 1 aromatic heterocycles. The molecule has 0 unspecified atom stereocenters. The molecule has 0 radical (unpaired) electrons. The second kappa shape index (κ2) is 13.3. The molecule has 190 valence electrons. The average molecular weight is 499 g/mol. The zero-order valence-electron chi connectivity index (χ0n) is 20.5. The van der Waals surface area contributed by atoms with Gasteiger partial charge in [0.1, 0.15) is 11.6 Å². The predicted octanol–water partition coefficient (Wildman–Crippen LogP) is 5.10. The van der Waals surface area contributed by atoms with Crippen LogP contribution in [0.15, 0.2) is 66.7 Å². The first-order valence-electron chi connectivity index (χ1n) is 11.7. The van der Waals surface area contributed by atoms with Crippen LogP contribution in [0.4, 0.5) is 5.82 Å². The molecule has 3 aromatic rings. The van der Waals surface area contributed by atoms with Crippen molar-refractivity contribution >= 4 is 23.5 Å². The lowest BCUT2D eigenvalue weighted by atomic mass is 9.68. The summed E-state index contributed by atoms with van der Waals surface area (Å²) in [6.45, 7) is 0. The molecule has 5 N–H and O–H groups in total. The number of hydrogen-bond donors (Lipinski definition) is 1. The van der Waals surface area contributed by atoms with Gasteiger partial charge in [-0.3, -0.25) is 4.79 Å². The topological polar surface area (TPSA) is 114 Å². The van der Waals surface area contributed by atoms with Crippen molar-refractivity contribution in [2.45, 2.75) is 43.9 Å². The normalized spacial score (nSPS) is 14.2. The van der Waals surface area contributed by atoms with Crippen LogP contribution >= 0.6 is 11.8 Å². The molecule has 1 saturated carbocycles. The Morgan fingerprint density at radius 2 is 1.69 bits per heavy atom. The molecule has 1 fully saturated rings. The molecule has 35 heavy (non-hydrogen) atoms. The smallest absolute Gasteiger partial charge is 0.236 e. The van der Waals surface area contributed by atoms with Crippen LogP contribution in [0.3, 0.4) is 0 Å². The van der Waals surface area contributed by atoms with Gasteiger partial charge in [0.15, 0.2) is 0 Å². The van der Waals surface area contributed by atoms with Gasteiger partial charge in [0.2, 0.25) is 5.91 Å². The highest BCUT2D eigenvalue weighted by Crippen LogP contribution is 2.41. The largest absolute Gasteiger partial charge is 0.497 e. The number of nitrogens with zero attached hydrogens (tertiary/aromatic N) is 1. The maximum atomic E-state index is 13.7. The lowest BCUT2D eigenvalue weighted by molar-refractivity contribution is -0.122. The maximum Gasteiger partial charge on any atom is 0.236 e. The summed E-state index contributed by atoms with van der Waals surface area (Å²) >= 11 is 1.86. The van der Waals surface area contributed by atoms with Crippen LogP contribution in [0.5, 0.6) is 5.75 Å². The summed E-state index contributed by atoms with van der Waals surface area (Å²) in [6.07, 6.45) is 8.17. The number of thioether (sulfide) groups is 1. The van der Waals surface area contributed by atoms with Crippen LogP contribution in [0.25, 0.3) is 11.3 Å². The van der Waals surface area contributed by atoms with Crippen LogP contribution < -0.4 is 10.1 Å². The minimum Gasteiger partial charge on any atom is -0.497 e. The fraction of sp³-hybridized carbons (Fsp3) is 0.357. The number of pyridine rings is 1. The molecule has 7 heteroatoms. The molecule has 1 heterocycles. The minimum absolute atomic E-state index is 0. The standard InChI is InChI=1S/C28H32N2O2S.2H2O.H2/c1-32-24-15-13-23(14-16-24)28(18-4-3-5-19-28)27(31)30-26-8-6-7-25(29-26)22-11-9-21(10-12-22)17-20-33-2;;;/h6-16H,3-5,17-20H2,1-2H3,(H,29,30,31);2*1H2;1H. The van der Waals surface area contributed by atoms with Crippen LogP contribution in [-0.4, -0.2) is 41.0 Å². The van der Waals surface area contributed by atoms with Gasteiger partial charge in [-0.15, -0.1) is 0 Å². The van der Waals surface area contributed by atoms with Crippen molar-refractivity contribution < 1.29 is 21.9 Å².